The van der Waals surface area contributed by atoms with E-state index in [9.17, 15) is 0 Å². The topological polar surface area (TPSA) is 32.5 Å². The summed E-state index contributed by atoms with van der Waals surface area (Å²) >= 11 is 0. The molecule has 1 aliphatic carbocycles. The summed E-state index contributed by atoms with van der Waals surface area (Å²) in [6.45, 7) is 10.5. The second-order valence-corrected chi connectivity index (χ2v) is 7.38. The number of nitrogens with zero attached hydrogens (tertiary/aromatic N) is 2. The van der Waals surface area contributed by atoms with Gasteiger partial charge >= 0.3 is 0 Å². The molecule has 3 nitrogen and oxygen atoms in total. The fourth-order valence-corrected chi connectivity index (χ4v) is 4.59. The zero-order chi connectivity index (χ0) is 14.2. The molecule has 112 valence electrons. The van der Waals surface area contributed by atoms with Crippen LogP contribution in [0.5, 0.6) is 0 Å². The summed E-state index contributed by atoms with van der Waals surface area (Å²) in [6.07, 6.45) is 4.02. The highest BCUT2D eigenvalue weighted by Gasteiger charge is 2.48. The highest BCUT2D eigenvalue weighted by molar-refractivity contribution is 5.04. The molecule has 1 aliphatic heterocycles. The van der Waals surface area contributed by atoms with Crippen molar-refractivity contribution < 1.29 is 0 Å². The summed E-state index contributed by atoms with van der Waals surface area (Å²) in [5.74, 6) is 2.29. The zero-order valence-corrected chi connectivity index (χ0v) is 13.5. The molecule has 0 aromatic heterocycles. The molecule has 5 atom stereocenters. The largest absolute Gasteiger partial charge is 0.329 e. The zero-order valence-electron chi connectivity index (χ0n) is 13.5. The smallest absolute Gasteiger partial charge is 0.0360 e. The molecule has 0 bridgehead atoms. The normalized spacial score (nSPS) is 45.0. The van der Waals surface area contributed by atoms with Gasteiger partial charge in [-0.25, -0.2) is 0 Å². The van der Waals surface area contributed by atoms with Crippen LogP contribution in [0.25, 0.3) is 0 Å². The maximum atomic E-state index is 6.28. The Morgan fingerprint density at radius 3 is 2.37 bits per heavy atom. The van der Waals surface area contributed by atoms with Crippen LogP contribution in [0, 0.1) is 17.8 Å². The van der Waals surface area contributed by atoms with Crippen LogP contribution < -0.4 is 5.73 Å². The number of nitrogens with two attached hydrogens (primary N) is 1. The molecular formula is C16H33N3. The first kappa shape index (κ1) is 15.3. The monoisotopic (exact) mass is 267 g/mol. The van der Waals surface area contributed by atoms with Crippen molar-refractivity contribution in [2.24, 2.45) is 23.5 Å². The average molecular weight is 267 g/mol. The van der Waals surface area contributed by atoms with Crippen LogP contribution >= 0.6 is 0 Å². The standard InChI is InChI=1S/C16H33N3/c1-12-7-6-8-16(11-17,14(12)3)19-9-13(2)15(10-19)18(4)5/h12-15H,6-11,17H2,1-5H3. The van der Waals surface area contributed by atoms with Crippen LogP contribution in [0.2, 0.25) is 0 Å². The van der Waals surface area contributed by atoms with Gasteiger partial charge in [0, 0.05) is 31.2 Å². The first-order valence-electron chi connectivity index (χ1n) is 8.04. The summed E-state index contributed by atoms with van der Waals surface area (Å²) in [5, 5.41) is 0. The number of likely N-dealkylation sites (tertiary alicyclic amines) is 1. The Morgan fingerprint density at radius 1 is 1.16 bits per heavy atom. The fraction of sp³-hybridized carbons (Fsp3) is 1.00. The third kappa shape index (κ3) is 2.57. The lowest BCUT2D eigenvalue weighted by atomic mass is 9.67. The molecule has 0 spiro atoms. The summed E-state index contributed by atoms with van der Waals surface area (Å²) in [6, 6.07) is 0.688. The third-order valence-corrected chi connectivity index (χ3v) is 6.19. The van der Waals surface area contributed by atoms with Gasteiger partial charge in [0.2, 0.25) is 0 Å². The summed E-state index contributed by atoms with van der Waals surface area (Å²) in [5.41, 5.74) is 6.54. The Balaban J connectivity index is 2.18. The lowest BCUT2D eigenvalue weighted by Crippen LogP contribution is -2.60. The molecule has 0 radical (unpaired) electrons. The van der Waals surface area contributed by atoms with Crippen molar-refractivity contribution in [2.75, 3.05) is 33.7 Å². The predicted octanol–water partition coefficient (Wildman–Crippen LogP) is 2.02. The van der Waals surface area contributed by atoms with Gasteiger partial charge in [-0.3, -0.25) is 4.90 Å². The van der Waals surface area contributed by atoms with E-state index in [4.69, 9.17) is 5.73 Å². The van der Waals surface area contributed by atoms with Crippen LogP contribution in [-0.4, -0.2) is 55.1 Å². The molecule has 2 N–H and O–H groups in total. The van der Waals surface area contributed by atoms with E-state index >= 15 is 0 Å². The van der Waals surface area contributed by atoms with Crippen LogP contribution in [0.4, 0.5) is 0 Å². The van der Waals surface area contributed by atoms with Crippen molar-refractivity contribution in [1.29, 1.82) is 0 Å². The van der Waals surface area contributed by atoms with Gasteiger partial charge < -0.3 is 10.6 Å². The number of hydrogen-bond donors (Lipinski definition) is 1. The summed E-state index contributed by atoms with van der Waals surface area (Å²) in [7, 11) is 4.43. The van der Waals surface area contributed by atoms with Gasteiger partial charge in [0.15, 0.2) is 0 Å². The number of likely N-dealkylation sites (N-methyl/N-ethyl adjacent to an activating group) is 1. The molecule has 3 heteroatoms. The molecule has 0 aromatic carbocycles. The molecule has 5 unspecified atom stereocenters. The second kappa shape index (κ2) is 5.71. The second-order valence-electron chi connectivity index (χ2n) is 7.38. The van der Waals surface area contributed by atoms with Crippen molar-refractivity contribution in [1.82, 2.24) is 9.80 Å². The third-order valence-electron chi connectivity index (χ3n) is 6.19. The van der Waals surface area contributed by atoms with Gasteiger partial charge in [0.05, 0.1) is 0 Å². The molecule has 0 aromatic rings. The van der Waals surface area contributed by atoms with Crippen molar-refractivity contribution >= 4 is 0 Å². The SMILES string of the molecule is CC1CN(C2(CN)CCCC(C)C2C)CC1N(C)C. The molecule has 19 heavy (non-hydrogen) atoms. The van der Waals surface area contributed by atoms with Crippen LogP contribution in [0.3, 0.4) is 0 Å². The van der Waals surface area contributed by atoms with E-state index < -0.39 is 0 Å². The maximum Gasteiger partial charge on any atom is 0.0360 e. The summed E-state index contributed by atoms with van der Waals surface area (Å²) in [4.78, 5) is 5.13. The van der Waals surface area contributed by atoms with E-state index in [1.165, 1.54) is 32.4 Å². The minimum Gasteiger partial charge on any atom is -0.329 e. The average Bonchev–Trinajstić information content (AvgIpc) is 2.76. The van der Waals surface area contributed by atoms with Crippen LogP contribution in [-0.2, 0) is 0 Å². The Labute approximate surface area is 119 Å². The lowest BCUT2D eigenvalue weighted by molar-refractivity contribution is 0.000356. The fourth-order valence-electron chi connectivity index (χ4n) is 4.59. The summed E-state index contributed by atoms with van der Waals surface area (Å²) < 4.78 is 0. The van der Waals surface area contributed by atoms with Crippen molar-refractivity contribution in [3.05, 3.63) is 0 Å². The van der Waals surface area contributed by atoms with E-state index in [1.807, 2.05) is 0 Å². The molecular weight excluding hydrogens is 234 g/mol. The van der Waals surface area contributed by atoms with Crippen molar-refractivity contribution in [3.63, 3.8) is 0 Å². The minimum atomic E-state index is 0.261. The molecule has 2 rings (SSSR count). The van der Waals surface area contributed by atoms with Crippen LogP contribution in [0.15, 0.2) is 0 Å². The highest BCUT2D eigenvalue weighted by Crippen LogP contribution is 2.43. The van der Waals surface area contributed by atoms with E-state index in [2.05, 4.69) is 44.7 Å². The Kier molecular flexibility index (Phi) is 4.59. The molecule has 0 amide bonds. The molecule has 1 saturated heterocycles. The highest BCUT2D eigenvalue weighted by atomic mass is 15.3. The number of hydrogen-bond acceptors (Lipinski definition) is 3. The Hall–Kier alpha value is -0.120. The van der Waals surface area contributed by atoms with E-state index in [1.54, 1.807) is 0 Å². The van der Waals surface area contributed by atoms with Gasteiger partial charge in [0.25, 0.3) is 0 Å². The quantitative estimate of drug-likeness (QED) is 0.849. The predicted molar refractivity (Wildman–Crippen MR) is 82.2 cm³/mol. The Morgan fingerprint density at radius 2 is 1.84 bits per heavy atom. The van der Waals surface area contributed by atoms with Gasteiger partial charge in [-0.15, -0.1) is 0 Å². The number of rotatable bonds is 3. The lowest BCUT2D eigenvalue weighted by Gasteiger charge is -2.51. The van der Waals surface area contributed by atoms with Crippen molar-refractivity contribution in [3.8, 4) is 0 Å². The van der Waals surface area contributed by atoms with Gasteiger partial charge in [-0.1, -0.05) is 33.6 Å². The molecule has 1 saturated carbocycles. The van der Waals surface area contributed by atoms with E-state index in [0.29, 0.717) is 6.04 Å². The van der Waals surface area contributed by atoms with Gasteiger partial charge in [-0.05, 0) is 38.3 Å². The van der Waals surface area contributed by atoms with Gasteiger partial charge in [0.1, 0.15) is 0 Å². The molecule has 2 aliphatic rings. The van der Waals surface area contributed by atoms with Crippen molar-refractivity contribution in [2.45, 2.75) is 51.6 Å². The maximum absolute atomic E-state index is 6.28. The molecule has 1 heterocycles. The molecule has 2 fully saturated rings. The Bertz CT molecular complexity index is 304. The first-order chi connectivity index (χ1) is 8.92. The minimum absolute atomic E-state index is 0.261. The van der Waals surface area contributed by atoms with Gasteiger partial charge in [-0.2, -0.15) is 0 Å². The van der Waals surface area contributed by atoms with Crippen LogP contribution in [0.1, 0.15) is 40.0 Å². The first-order valence-corrected chi connectivity index (χ1v) is 8.04. The van der Waals surface area contributed by atoms with E-state index in [-0.39, 0.29) is 5.54 Å². The van der Waals surface area contributed by atoms with E-state index in [0.717, 1.165) is 24.3 Å².